The van der Waals surface area contributed by atoms with E-state index < -0.39 is 5.97 Å². The lowest BCUT2D eigenvalue weighted by Gasteiger charge is -2.25. The molecule has 1 heterocycles. The number of hydrogen-bond donors (Lipinski definition) is 1. The van der Waals surface area contributed by atoms with Crippen LogP contribution in [0.1, 0.15) is 69.4 Å². The lowest BCUT2D eigenvalue weighted by Crippen LogP contribution is -2.37. The van der Waals surface area contributed by atoms with Crippen molar-refractivity contribution in [2.45, 2.75) is 64.3 Å². The topological polar surface area (TPSA) is 57.6 Å². The van der Waals surface area contributed by atoms with Gasteiger partial charge in [0.05, 0.1) is 6.42 Å². The maximum absolute atomic E-state index is 12.5. The first-order valence-electron chi connectivity index (χ1n) is 8.49. The number of carbonyl (C=O) groups excluding carboxylic acids is 1. The molecule has 0 spiro atoms. The average Bonchev–Trinajstić information content (AvgIpc) is 2.94. The van der Waals surface area contributed by atoms with Crippen LogP contribution in [0.4, 0.5) is 0 Å². The predicted octanol–water partition coefficient (Wildman–Crippen LogP) is 3.77. The average molecular weight is 317 g/mol. The third kappa shape index (κ3) is 4.57. The Hall–Kier alpha value is -1.84. The highest BCUT2D eigenvalue weighted by Gasteiger charge is 2.30. The molecule has 0 saturated carbocycles. The molecule has 1 aliphatic heterocycles. The molecule has 126 valence electrons. The van der Waals surface area contributed by atoms with Crippen LogP contribution >= 0.6 is 0 Å². The van der Waals surface area contributed by atoms with E-state index in [2.05, 4.69) is 45.0 Å². The monoisotopic (exact) mass is 317 g/mol. The third-order valence-corrected chi connectivity index (χ3v) is 4.76. The molecule has 1 N–H and O–H groups in total. The lowest BCUT2D eigenvalue weighted by atomic mass is 9.94. The Balaban J connectivity index is 1.97. The van der Waals surface area contributed by atoms with E-state index in [1.807, 2.05) is 0 Å². The predicted molar refractivity (Wildman–Crippen MR) is 90.6 cm³/mol. The Morgan fingerprint density at radius 2 is 1.78 bits per heavy atom. The maximum Gasteiger partial charge on any atom is 0.305 e. The van der Waals surface area contributed by atoms with Crippen LogP contribution in [0.3, 0.4) is 0 Å². The van der Waals surface area contributed by atoms with Gasteiger partial charge in [-0.2, -0.15) is 0 Å². The summed E-state index contributed by atoms with van der Waals surface area (Å²) in [4.78, 5) is 25.2. The van der Waals surface area contributed by atoms with Crippen molar-refractivity contribution in [3.8, 4) is 0 Å². The molecule has 1 saturated heterocycles. The molecular weight excluding hydrogens is 290 g/mol. The van der Waals surface area contributed by atoms with Gasteiger partial charge in [-0.3, -0.25) is 9.59 Å². The summed E-state index contributed by atoms with van der Waals surface area (Å²) in [7, 11) is 0. The summed E-state index contributed by atoms with van der Waals surface area (Å²) in [6.45, 7) is 7.08. The number of aliphatic carboxylic acids is 1. The molecule has 1 aliphatic rings. The summed E-state index contributed by atoms with van der Waals surface area (Å²) < 4.78 is 0. The first-order valence-corrected chi connectivity index (χ1v) is 8.49. The van der Waals surface area contributed by atoms with Gasteiger partial charge in [0.25, 0.3) is 0 Å². The number of nitrogens with zero attached hydrogens (tertiary/aromatic N) is 1. The van der Waals surface area contributed by atoms with E-state index in [1.165, 1.54) is 5.56 Å². The second-order valence-corrected chi connectivity index (χ2v) is 6.91. The molecule has 23 heavy (non-hydrogen) atoms. The summed E-state index contributed by atoms with van der Waals surface area (Å²) >= 11 is 0. The number of hydrogen-bond acceptors (Lipinski definition) is 2. The van der Waals surface area contributed by atoms with Gasteiger partial charge in [0.15, 0.2) is 0 Å². The normalized spacial score (nSPS) is 19.1. The summed E-state index contributed by atoms with van der Waals surface area (Å²) in [5.41, 5.74) is 2.46. The number of rotatable bonds is 6. The second kappa shape index (κ2) is 7.62. The Labute approximate surface area is 138 Å². The second-order valence-electron chi connectivity index (χ2n) is 6.91. The molecule has 2 unspecified atom stereocenters. The van der Waals surface area contributed by atoms with E-state index in [0.717, 1.165) is 18.4 Å². The fourth-order valence-corrected chi connectivity index (χ4v) is 3.28. The van der Waals surface area contributed by atoms with Crippen LogP contribution in [-0.2, 0) is 9.59 Å². The molecule has 1 amide bonds. The van der Waals surface area contributed by atoms with E-state index in [4.69, 9.17) is 5.11 Å². The van der Waals surface area contributed by atoms with Crippen molar-refractivity contribution in [2.24, 2.45) is 0 Å². The fourth-order valence-electron chi connectivity index (χ4n) is 3.28. The molecule has 4 heteroatoms. The van der Waals surface area contributed by atoms with Crippen molar-refractivity contribution < 1.29 is 14.7 Å². The zero-order chi connectivity index (χ0) is 17.0. The van der Waals surface area contributed by atoms with Crippen LogP contribution in [-0.4, -0.2) is 34.5 Å². The number of carbonyl (C=O) groups is 2. The number of amides is 1. The highest BCUT2D eigenvalue weighted by molar-refractivity contribution is 5.78. The summed E-state index contributed by atoms with van der Waals surface area (Å²) in [6.07, 6.45) is 2.21. The van der Waals surface area contributed by atoms with Gasteiger partial charge in [0, 0.05) is 19.0 Å². The molecule has 0 aliphatic carbocycles. The van der Waals surface area contributed by atoms with Gasteiger partial charge in [-0.25, -0.2) is 0 Å². The van der Waals surface area contributed by atoms with Gasteiger partial charge >= 0.3 is 5.97 Å². The van der Waals surface area contributed by atoms with Crippen LogP contribution in [0, 0.1) is 0 Å². The summed E-state index contributed by atoms with van der Waals surface area (Å²) in [5, 5.41) is 8.97. The largest absolute Gasteiger partial charge is 0.481 e. The number of carboxylic acid groups (broad SMARTS) is 1. The molecule has 0 bridgehead atoms. The first kappa shape index (κ1) is 17.5. The molecule has 1 aromatic carbocycles. The molecular formula is C19H27NO3. The van der Waals surface area contributed by atoms with E-state index in [0.29, 0.717) is 18.9 Å². The van der Waals surface area contributed by atoms with Gasteiger partial charge in [0.2, 0.25) is 5.91 Å². The van der Waals surface area contributed by atoms with Crippen LogP contribution in [0.25, 0.3) is 0 Å². The van der Waals surface area contributed by atoms with Crippen molar-refractivity contribution in [3.63, 3.8) is 0 Å². The van der Waals surface area contributed by atoms with Gasteiger partial charge in [0.1, 0.15) is 0 Å². The van der Waals surface area contributed by atoms with Gasteiger partial charge in [-0.05, 0) is 35.8 Å². The number of likely N-dealkylation sites (tertiary alicyclic amines) is 1. The van der Waals surface area contributed by atoms with Crippen LogP contribution in [0.2, 0.25) is 0 Å². The van der Waals surface area contributed by atoms with E-state index >= 15 is 0 Å². The van der Waals surface area contributed by atoms with Crippen LogP contribution in [0.15, 0.2) is 24.3 Å². The Kier molecular flexibility index (Phi) is 5.80. The zero-order valence-corrected chi connectivity index (χ0v) is 14.3. The summed E-state index contributed by atoms with van der Waals surface area (Å²) in [5.74, 6) is -0.0987. The van der Waals surface area contributed by atoms with Crippen molar-refractivity contribution in [1.82, 2.24) is 4.90 Å². The molecule has 1 aromatic rings. The van der Waals surface area contributed by atoms with Crippen LogP contribution in [0.5, 0.6) is 0 Å². The number of carboxylic acids is 1. The van der Waals surface area contributed by atoms with Gasteiger partial charge < -0.3 is 10.0 Å². The molecule has 0 radical (unpaired) electrons. The Morgan fingerprint density at radius 1 is 1.17 bits per heavy atom. The standard InChI is InChI=1S/C19H27NO3/c1-13(2)15-6-8-16(9-7-15)14(3)11-18(21)20-10-4-5-17(20)12-19(22)23/h6-9,13-14,17H,4-5,10-12H2,1-3H3,(H,22,23). The molecule has 0 aromatic heterocycles. The van der Waals surface area contributed by atoms with E-state index in [-0.39, 0.29) is 24.3 Å². The fraction of sp³-hybridized carbons (Fsp3) is 0.579. The van der Waals surface area contributed by atoms with Gasteiger partial charge in [-0.1, -0.05) is 45.0 Å². The third-order valence-electron chi connectivity index (χ3n) is 4.76. The SMILES string of the molecule is CC(C)c1ccc(C(C)CC(=O)N2CCCC2CC(=O)O)cc1. The van der Waals surface area contributed by atoms with Crippen molar-refractivity contribution in [1.29, 1.82) is 0 Å². The lowest BCUT2D eigenvalue weighted by molar-refractivity contribution is -0.140. The highest BCUT2D eigenvalue weighted by Crippen LogP contribution is 2.26. The van der Waals surface area contributed by atoms with Crippen molar-refractivity contribution in [3.05, 3.63) is 35.4 Å². The maximum atomic E-state index is 12.5. The summed E-state index contributed by atoms with van der Waals surface area (Å²) in [6, 6.07) is 8.34. The minimum atomic E-state index is -0.827. The minimum Gasteiger partial charge on any atom is -0.481 e. The van der Waals surface area contributed by atoms with Crippen molar-refractivity contribution >= 4 is 11.9 Å². The van der Waals surface area contributed by atoms with Crippen molar-refractivity contribution in [2.75, 3.05) is 6.54 Å². The molecule has 4 nitrogen and oxygen atoms in total. The first-order chi connectivity index (χ1) is 10.9. The van der Waals surface area contributed by atoms with E-state index in [1.54, 1.807) is 4.90 Å². The van der Waals surface area contributed by atoms with Crippen LogP contribution < -0.4 is 0 Å². The Bertz CT molecular complexity index is 550. The highest BCUT2D eigenvalue weighted by atomic mass is 16.4. The molecule has 2 rings (SSSR count). The van der Waals surface area contributed by atoms with E-state index in [9.17, 15) is 9.59 Å². The smallest absolute Gasteiger partial charge is 0.305 e. The number of benzene rings is 1. The molecule has 1 fully saturated rings. The minimum absolute atomic E-state index is 0.0587. The Morgan fingerprint density at radius 3 is 2.35 bits per heavy atom. The quantitative estimate of drug-likeness (QED) is 0.869. The zero-order valence-electron chi connectivity index (χ0n) is 14.3. The molecule has 2 atom stereocenters. The van der Waals surface area contributed by atoms with Gasteiger partial charge in [-0.15, -0.1) is 0 Å².